The van der Waals surface area contributed by atoms with E-state index < -0.39 is 0 Å². The molecule has 0 amide bonds. The number of nitrogens with two attached hydrogens (primary N) is 1. The van der Waals surface area contributed by atoms with E-state index in [0.29, 0.717) is 0 Å². The molecule has 4 heteroatoms. The number of methoxy groups -OCH3 is 1. The zero-order valence-corrected chi connectivity index (χ0v) is 9.67. The van der Waals surface area contributed by atoms with Crippen molar-refractivity contribution in [2.24, 2.45) is 5.73 Å². The van der Waals surface area contributed by atoms with Gasteiger partial charge in [-0.2, -0.15) is 0 Å². The fraction of sp³-hybridized carbons (Fsp3) is 0.364. The maximum Gasteiger partial charge on any atom is 0.149 e. The Morgan fingerprint density at radius 3 is 3.00 bits per heavy atom. The average Bonchev–Trinajstić information content (AvgIpc) is 2.64. The Hall–Kier alpha value is -1.13. The van der Waals surface area contributed by atoms with Gasteiger partial charge in [0.2, 0.25) is 0 Å². The summed E-state index contributed by atoms with van der Waals surface area (Å²) in [5, 5.41) is 0. The second kappa shape index (κ2) is 4.16. The summed E-state index contributed by atoms with van der Waals surface area (Å²) in [5.41, 5.74) is 9.71. The van der Waals surface area contributed by atoms with Crippen LogP contribution in [0.25, 0.3) is 10.2 Å². The molecule has 1 heterocycles. The second-order valence-corrected chi connectivity index (χ2v) is 4.52. The molecule has 15 heavy (non-hydrogen) atoms. The first kappa shape index (κ1) is 10.4. The molecule has 0 radical (unpaired) electrons. The number of aromatic nitrogens is 1. The first-order chi connectivity index (χ1) is 7.22. The molecule has 80 valence electrons. The van der Waals surface area contributed by atoms with Gasteiger partial charge in [-0.1, -0.05) is 6.07 Å². The molecule has 1 unspecified atom stereocenters. The van der Waals surface area contributed by atoms with Gasteiger partial charge in [0, 0.05) is 6.04 Å². The number of benzene rings is 1. The van der Waals surface area contributed by atoms with Crippen LogP contribution in [0.3, 0.4) is 0 Å². The summed E-state index contributed by atoms with van der Waals surface area (Å²) >= 11 is 1.62. The van der Waals surface area contributed by atoms with Gasteiger partial charge in [-0.05, 0) is 25.0 Å². The normalized spacial score (nSPS) is 13.0. The van der Waals surface area contributed by atoms with Gasteiger partial charge in [0.1, 0.15) is 11.3 Å². The van der Waals surface area contributed by atoms with E-state index >= 15 is 0 Å². The lowest BCUT2D eigenvalue weighted by atomic mass is 10.1. The Balaban J connectivity index is 2.53. The molecule has 3 nitrogen and oxygen atoms in total. The molecule has 0 spiro atoms. The third-order valence-electron chi connectivity index (χ3n) is 2.28. The van der Waals surface area contributed by atoms with E-state index in [1.165, 1.54) is 0 Å². The van der Waals surface area contributed by atoms with Gasteiger partial charge >= 0.3 is 0 Å². The number of fused-ring (bicyclic) bond motifs is 1. The maximum atomic E-state index is 5.79. The van der Waals surface area contributed by atoms with Crippen LogP contribution in [0.1, 0.15) is 12.5 Å². The summed E-state index contributed by atoms with van der Waals surface area (Å²) < 4.78 is 6.56. The molecule has 2 N–H and O–H groups in total. The van der Waals surface area contributed by atoms with Crippen LogP contribution < -0.4 is 10.5 Å². The molecular formula is C11H14N2OS. The molecule has 1 aromatic heterocycles. The van der Waals surface area contributed by atoms with E-state index in [2.05, 4.69) is 17.1 Å². The molecule has 0 aliphatic heterocycles. The van der Waals surface area contributed by atoms with Gasteiger partial charge in [-0.25, -0.2) is 4.98 Å². The highest BCUT2D eigenvalue weighted by Crippen LogP contribution is 2.31. The van der Waals surface area contributed by atoms with Crippen LogP contribution in [0, 0.1) is 0 Å². The number of nitrogens with zero attached hydrogens (tertiary/aromatic N) is 1. The topological polar surface area (TPSA) is 48.1 Å². The zero-order valence-electron chi connectivity index (χ0n) is 8.86. The monoisotopic (exact) mass is 222 g/mol. The maximum absolute atomic E-state index is 5.79. The smallest absolute Gasteiger partial charge is 0.149 e. The second-order valence-electron chi connectivity index (χ2n) is 3.64. The van der Waals surface area contributed by atoms with Gasteiger partial charge in [0.05, 0.1) is 17.3 Å². The van der Waals surface area contributed by atoms with Crippen molar-refractivity contribution < 1.29 is 4.74 Å². The molecule has 1 aromatic carbocycles. The third kappa shape index (κ3) is 1.96. The van der Waals surface area contributed by atoms with Crippen LogP contribution in [-0.4, -0.2) is 18.1 Å². The fourth-order valence-corrected chi connectivity index (χ4v) is 2.36. The Bertz CT molecular complexity index is 465. The van der Waals surface area contributed by atoms with Gasteiger partial charge in [-0.3, -0.25) is 0 Å². The van der Waals surface area contributed by atoms with E-state index in [1.54, 1.807) is 18.4 Å². The fourth-order valence-electron chi connectivity index (χ4n) is 1.68. The van der Waals surface area contributed by atoms with Crippen molar-refractivity contribution in [3.8, 4) is 5.75 Å². The van der Waals surface area contributed by atoms with Crippen LogP contribution in [0.5, 0.6) is 5.75 Å². The summed E-state index contributed by atoms with van der Waals surface area (Å²) in [6, 6.07) is 4.28. The molecule has 0 aliphatic rings. The SMILES string of the molecule is COc1c(CC(C)N)ccc2scnc12. The summed E-state index contributed by atoms with van der Waals surface area (Å²) in [7, 11) is 1.68. The van der Waals surface area contributed by atoms with Gasteiger partial charge in [-0.15, -0.1) is 11.3 Å². The number of rotatable bonds is 3. The van der Waals surface area contributed by atoms with E-state index in [0.717, 1.165) is 28.0 Å². The first-order valence-corrected chi connectivity index (χ1v) is 5.75. The largest absolute Gasteiger partial charge is 0.494 e. The van der Waals surface area contributed by atoms with Crippen molar-refractivity contribution >= 4 is 21.6 Å². The molecule has 0 bridgehead atoms. The molecule has 0 fully saturated rings. The highest BCUT2D eigenvalue weighted by molar-refractivity contribution is 7.16. The Morgan fingerprint density at radius 2 is 2.33 bits per heavy atom. The average molecular weight is 222 g/mol. The van der Waals surface area contributed by atoms with Crippen LogP contribution >= 0.6 is 11.3 Å². The highest BCUT2D eigenvalue weighted by atomic mass is 32.1. The first-order valence-electron chi connectivity index (χ1n) is 4.87. The van der Waals surface area contributed by atoms with Gasteiger partial charge in [0.25, 0.3) is 0 Å². The molecule has 0 saturated carbocycles. The molecular weight excluding hydrogens is 208 g/mol. The molecule has 0 aliphatic carbocycles. The molecule has 0 saturated heterocycles. The standard InChI is InChI=1S/C11H14N2OS/c1-7(12)5-8-3-4-9-10(11(8)14-2)13-6-15-9/h3-4,6-7H,5,12H2,1-2H3. The molecule has 2 aromatic rings. The van der Waals surface area contributed by atoms with Crippen molar-refractivity contribution in [1.82, 2.24) is 4.98 Å². The lowest BCUT2D eigenvalue weighted by Crippen LogP contribution is -2.18. The number of ether oxygens (including phenoxy) is 1. The van der Waals surface area contributed by atoms with Crippen molar-refractivity contribution in [2.45, 2.75) is 19.4 Å². The van der Waals surface area contributed by atoms with Crippen molar-refractivity contribution in [3.63, 3.8) is 0 Å². The predicted octanol–water partition coefficient (Wildman–Crippen LogP) is 2.19. The summed E-state index contributed by atoms with van der Waals surface area (Å²) in [5.74, 6) is 0.867. The Kier molecular flexibility index (Phi) is 2.88. The summed E-state index contributed by atoms with van der Waals surface area (Å²) in [6.45, 7) is 1.99. The lowest BCUT2D eigenvalue weighted by Gasteiger charge is -2.10. The quantitative estimate of drug-likeness (QED) is 0.866. The zero-order chi connectivity index (χ0) is 10.8. The van der Waals surface area contributed by atoms with Crippen LogP contribution in [0.2, 0.25) is 0 Å². The van der Waals surface area contributed by atoms with Gasteiger partial charge < -0.3 is 10.5 Å². The van der Waals surface area contributed by atoms with E-state index in [9.17, 15) is 0 Å². The van der Waals surface area contributed by atoms with Crippen LogP contribution in [0.15, 0.2) is 17.6 Å². The van der Waals surface area contributed by atoms with Gasteiger partial charge in [0.15, 0.2) is 0 Å². The van der Waals surface area contributed by atoms with Crippen molar-refractivity contribution in [1.29, 1.82) is 0 Å². The van der Waals surface area contributed by atoms with Crippen molar-refractivity contribution in [2.75, 3.05) is 7.11 Å². The third-order valence-corrected chi connectivity index (χ3v) is 3.08. The minimum Gasteiger partial charge on any atom is -0.494 e. The van der Waals surface area contributed by atoms with E-state index in [-0.39, 0.29) is 6.04 Å². The summed E-state index contributed by atoms with van der Waals surface area (Å²) in [6.07, 6.45) is 0.816. The Morgan fingerprint density at radius 1 is 1.53 bits per heavy atom. The van der Waals surface area contributed by atoms with Crippen molar-refractivity contribution in [3.05, 3.63) is 23.2 Å². The molecule has 1 atom stereocenters. The minimum absolute atomic E-state index is 0.134. The molecule has 2 rings (SSSR count). The lowest BCUT2D eigenvalue weighted by molar-refractivity contribution is 0.412. The minimum atomic E-state index is 0.134. The summed E-state index contributed by atoms with van der Waals surface area (Å²) in [4.78, 5) is 4.31. The Labute approximate surface area is 92.9 Å². The van der Waals surface area contributed by atoms with E-state index in [1.807, 2.05) is 12.4 Å². The number of thiazole rings is 1. The predicted molar refractivity (Wildman–Crippen MR) is 63.5 cm³/mol. The number of hydrogen-bond acceptors (Lipinski definition) is 4. The number of hydrogen-bond donors (Lipinski definition) is 1. The van der Waals surface area contributed by atoms with Crippen LogP contribution in [0.4, 0.5) is 0 Å². The van der Waals surface area contributed by atoms with E-state index in [4.69, 9.17) is 10.5 Å². The van der Waals surface area contributed by atoms with Crippen LogP contribution in [-0.2, 0) is 6.42 Å². The highest BCUT2D eigenvalue weighted by Gasteiger charge is 2.11.